The Labute approximate surface area is 63.7 Å². The minimum atomic E-state index is 0.0962. The molecule has 1 aromatic heterocycles. The van der Waals surface area contributed by atoms with E-state index in [-0.39, 0.29) is 11.9 Å². The van der Waals surface area contributed by atoms with E-state index in [9.17, 15) is 4.79 Å². The van der Waals surface area contributed by atoms with Crippen LogP contribution < -0.4 is 5.32 Å². The van der Waals surface area contributed by atoms with Crippen LogP contribution in [0.5, 0.6) is 0 Å². The number of aromatic nitrogens is 2. The van der Waals surface area contributed by atoms with E-state index < -0.39 is 0 Å². The van der Waals surface area contributed by atoms with Gasteiger partial charge in [0, 0.05) is 18.0 Å². The summed E-state index contributed by atoms with van der Waals surface area (Å²) < 4.78 is 0. The second-order valence-electron chi connectivity index (χ2n) is 2.50. The number of nitrogens with zero attached hydrogens (tertiary/aromatic N) is 2. The first-order chi connectivity index (χ1) is 5.36. The highest BCUT2D eigenvalue weighted by Crippen LogP contribution is 2.21. The maximum absolute atomic E-state index is 10.5. The summed E-state index contributed by atoms with van der Waals surface area (Å²) in [5.41, 5.74) is 0.979. The molecule has 1 N–H and O–H groups in total. The Kier molecular flexibility index (Phi) is 1.31. The van der Waals surface area contributed by atoms with Gasteiger partial charge in [-0.05, 0) is 0 Å². The third-order valence-corrected chi connectivity index (χ3v) is 1.71. The van der Waals surface area contributed by atoms with Gasteiger partial charge in [0.2, 0.25) is 5.91 Å². The summed E-state index contributed by atoms with van der Waals surface area (Å²) in [4.78, 5) is 18.2. The quantitative estimate of drug-likeness (QED) is 0.573. The van der Waals surface area contributed by atoms with E-state index in [1.807, 2.05) is 0 Å². The molecular formula is C7H7N3O. The van der Waals surface area contributed by atoms with Crippen LogP contribution in [0.2, 0.25) is 0 Å². The SMILES string of the molecule is O=C1CC(c2cncnc2)N1. The average Bonchev–Trinajstić information content (AvgIpc) is 2.01. The van der Waals surface area contributed by atoms with Crippen molar-refractivity contribution in [3.63, 3.8) is 0 Å². The molecule has 0 bridgehead atoms. The van der Waals surface area contributed by atoms with Crippen molar-refractivity contribution in [2.75, 3.05) is 0 Å². The fraction of sp³-hybridized carbons (Fsp3) is 0.286. The van der Waals surface area contributed by atoms with E-state index in [0.717, 1.165) is 5.56 Å². The summed E-state index contributed by atoms with van der Waals surface area (Å²) in [6.07, 6.45) is 5.48. The lowest BCUT2D eigenvalue weighted by Gasteiger charge is -2.26. The minimum Gasteiger partial charge on any atom is -0.349 e. The van der Waals surface area contributed by atoms with Crippen LogP contribution in [0.1, 0.15) is 18.0 Å². The van der Waals surface area contributed by atoms with Crippen molar-refractivity contribution < 1.29 is 4.79 Å². The van der Waals surface area contributed by atoms with Crippen LogP contribution in [-0.4, -0.2) is 15.9 Å². The molecule has 0 radical (unpaired) electrons. The topological polar surface area (TPSA) is 54.9 Å². The Bertz CT molecular complexity index is 264. The number of rotatable bonds is 1. The molecule has 0 aliphatic carbocycles. The highest BCUT2D eigenvalue weighted by Gasteiger charge is 2.26. The van der Waals surface area contributed by atoms with Gasteiger partial charge in [-0.25, -0.2) is 9.97 Å². The number of hydrogen-bond acceptors (Lipinski definition) is 3. The standard InChI is InChI=1S/C7H7N3O/c11-7-1-6(10-7)5-2-8-4-9-3-5/h2-4,6H,1H2,(H,10,11). The number of nitrogens with one attached hydrogen (secondary N) is 1. The van der Waals surface area contributed by atoms with Gasteiger partial charge in [-0.1, -0.05) is 0 Å². The molecule has 1 unspecified atom stereocenters. The Balaban J connectivity index is 2.13. The Morgan fingerprint density at radius 1 is 1.45 bits per heavy atom. The van der Waals surface area contributed by atoms with E-state index >= 15 is 0 Å². The number of amides is 1. The van der Waals surface area contributed by atoms with E-state index in [1.165, 1.54) is 6.33 Å². The van der Waals surface area contributed by atoms with Gasteiger partial charge in [0.1, 0.15) is 6.33 Å². The van der Waals surface area contributed by atoms with Crippen LogP contribution in [0, 0.1) is 0 Å². The Morgan fingerprint density at radius 3 is 2.64 bits per heavy atom. The van der Waals surface area contributed by atoms with Crippen molar-refractivity contribution in [3.05, 3.63) is 24.3 Å². The molecule has 1 saturated heterocycles. The van der Waals surface area contributed by atoms with Crippen LogP contribution >= 0.6 is 0 Å². The van der Waals surface area contributed by atoms with Gasteiger partial charge < -0.3 is 5.32 Å². The molecule has 2 rings (SSSR count). The van der Waals surface area contributed by atoms with Gasteiger partial charge in [-0.3, -0.25) is 4.79 Å². The smallest absolute Gasteiger partial charge is 0.222 e. The fourth-order valence-electron chi connectivity index (χ4n) is 1.05. The van der Waals surface area contributed by atoms with Crippen molar-refractivity contribution >= 4 is 5.91 Å². The van der Waals surface area contributed by atoms with Gasteiger partial charge in [0.25, 0.3) is 0 Å². The Hall–Kier alpha value is -1.45. The minimum absolute atomic E-state index is 0.0962. The molecule has 56 valence electrons. The van der Waals surface area contributed by atoms with Crippen molar-refractivity contribution in [1.29, 1.82) is 0 Å². The first-order valence-corrected chi connectivity index (χ1v) is 3.40. The van der Waals surface area contributed by atoms with Crippen molar-refractivity contribution in [2.24, 2.45) is 0 Å². The maximum Gasteiger partial charge on any atom is 0.222 e. The number of carbonyl (C=O) groups excluding carboxylic acids is 1. The van der Waals surface area contributed by atoms with Gasteiger partial charge in [-0.15, -0.1) is 0 Å². The largest absolute Gasteiger partial charge is 0.349 e. The molecule has 4 nitrogen and oxygen atoms in total. The predicted molar refractivity (Wildman–Crippen MR) is 37.5 cm³/mol. The molecule has 1 atom stereocenters. The fourth-order valence-corrected chi connectivity index (χ4v) is 1.05. The number of β-lactam (4-membered cyclic amide) rings is 1. The molecule has 1 aliphatic heterocycles. The van der Waals surface area contributed by atoms with Crippen LogP contribution in [0.15, 0.2) is 18.7 Å². The number of carbonyl (C=O) groups is 1. The third-order valence-electron chi connectivity index (χ3n) is 1.71. The zero-order chi connectivity index (χ0) is 7.68. The van der Waals surface area contributed by atoms with Crippen LogP contribution in [-0.2, 0) is 4.79 Å². The van der Waals surface area contributed by atoms with Crippen LogP contribution in [0.4, 0.5) is 0 Å². The monoisotopic (exact) mass is 149 g/mol. The lowest BCUT2D eigenvalue weighted by atomic mass is 10.0. The van der Waals surface area contributed by atoms with E-state index in [4.69, 9.17) is 0 Å². The molecule has 11 heavy (non-hydrogen) atoms. The second-order valence-corrected chi connectivity index (χ2v) is 2.50. The summed E-state index contributed by atoms with van der Waals surface area (Å²) >= 11 is 0. The van der Waals surface area contributed by atoms with E-state index in [0.29, 0.717) is 6.42 Å². The molecule has 1 fully saturated rings. The van der Waals surface area contributed by atoms with Crippen LogP contribution in [0.3, 0.4) is 0 Å². The zero-order valence-corrected chi connectivity index (χ0v) is 5.82. The average molecular weight is 149 g/mol. The summed E-state index contributed by atoms with van der Waals surface area (Å²) in [5, 5.41) is 2.74. The van der Waals surface area contributed by atoms with Crippen molar-refractivity contribution in [2.45, 2.75) is 12.5 Å². The molecule has 0 spiro atoms. The van der Waals surface area contributed by atoms with E-state index in [1.54, 1.807) is 12.4 Å². The van der Waals surface area contributed by atoms with Gasteiger partial charge in [0.05, 0.1) is 12.5 Å². The molecule has 1 aliphatic rings. The molecular weight excluding hydrogens is 142 g/mol. The lowest BCUT2D eigenvalue weighted by Crippen LogP contribution is -2.41. The molecule has 4 heteroatoms. The summed E-state index contributed by atoms with van der Waals surface area (Å²) in [5.74, 6) is 0.0962. The highest BCUT2D eigenvalue weighted by atomic mass is 16.2. The normalized spacial score (nSPS) is 22.2. The van der Waals surface area contributed by atoms with Gasteiger partial charge in [0.15, 0.2) is 0 Å². The molecule has 0 aromatic carbocycles. The summed E-state index contributed by atoms with van der Waals surface area (Å²) in [6.45, 7) is 0. The van der Waals surface area contributed by atoms with E-state index in [2.05, 4.69) is 15.3 Å². The van der Waals surface area contributed by atoms with Gasteiger partial charge in [-0.2, -0.15) is 0 Å². The van der Waals surface area contributed by atoms with Gasteiger partial charge >= 0.3 is 0 Å². The first kappa shape index (κ1) is 6.27. The molecule has 2 heterocycles. The summed E-state index contributed by atoms with van der Waals surface area (Å²) in [7, 11) is 0. The van der Waals surface area contributed by atoms with Crippen molar-refractivity contribution in [3.8, 4) is 0 Å². The molecule has 0 saturated carbocycles. The lowest BCUT2D eigenvalue weighted by molar-refractivity contribution is -0.128. The Morgan fingerprint density at radius 2 is 2.09 bits per heavy atom. The predicted octanol–water partition coefficient (Wildman–Crippen LogP) is 0.0376. The first-order valence-electron chi connectivity index (χ1n) is 3.40. The van der Waals surface area contributed by atoms with Crippen molar-refractivity contribution in [1.82, 2.24) is 15.3 Å². The van der Waals surface area contributed by atoms with Crippen LogP contribution in [0.25, 0.3) is 0 Å². The number of hydrogen-bond donors (Lipinski definition) is 1. The highest BCUT2D eigenvalue weighted by molar-refractivity contribution is 5.83. The maximum atomic E-state index is 10.5. The second kappa shape index (κ2) is 2.30. The molecule has 1 amide bonds. The summed E-state index contributed by atoms with van der Waals surface area (Å²) in [6, 6.07) is 0.142. The third kappa shape index (κ3) is 1.07. The molecule has 1 aromatic rings. The zero-order valence-electron chi connectivity index (χ0n) is 5.82.